The Kier molecular flexibility index (Phi) is 4.95. The van der Waals surface area contributed by atoms with Crippen molar-refractivity contribution in [3.63, 3.8) is 0 Å². The van der Waals surface area contributed by atoms with Crippen molar-refractivity contribution < 1.29 is 10.2 Å². The van der Waals surface area contributed by atoms with Crippen LogP contribution in [0, 0.1) is 6.92 Å². The second-order valence-electron chi connectivity index (χ2n) is 1.48. The Hall–Kier alpha value is -0.120. The van der Waals surface area contributed by atoms with E-state index < -0.39 is 0 Å². The quantitative estimate of drug-likeness (QED) is 0.468. The first kappa shape index (κ1) is 7.88. The molecule has 0 aliphatic heterocycles. The number of aliphatic hydroxyl groups excluding tert-OH is 2. The maximum Gasteiger partial charge on any atom is 0.0957 e. The van der Waals surface area contributed by atoms with Gasteiger partial charge in [0.15, 0.2) is 0 Å². The fourth-order valence-corrected chi connectivity index (χ4v) is 0.395. The predicted octanol–water partition coefficient (Wildman–Crippen LogP) is -0.935. The minimum absolute atomic E-state index is 0.0237. The Labute approximate surface area is 49.5 Å². The summed E-state index contributed by atoms with van der Waals surface area (Å²) in [6.07, 6.45) is 0. The van der Waals surface area contributed by atoms with Crippen molar-refractivity contribution in [2.45, 2.75) is 0 Å². The third kappa shape index (κ3) is 2.96. The van der Waals surface area contributed by atoms with E-state index in [1.54, 1.807) is 4.90 Å². The number of hydrogen-bond donors (Lipinski definition) is 2. The molecule has 0 aromatic carbocycles. The van der Waals surface area contributed by atoms with Gasteiger partial charge in [-0.1, -0.05) is 0 Å². The largest absolute Gasteiger partial charge is 0.395 e. The first-order valence-corrected chi connectivity index (χ1v) is 2.58. The van der Waals surface area contributed by atoms with E-state index in [-0.39, 0.29) is 13.3 Å². The zero-order chi connectivity index (χ0) is 6.41. The third-order valence-corrected chi connectivity index (χ3v) is 0.932. The topological polar surface area (TPSA) is 43.7 Å². The molecule has 0 spiro atoms. The summed E-state index contributed by atoms with van der Waals surface area (Å²) in [5, 5.41) is 16.8. The summed E-state index contributed by atoms with van der Waals surface area (Å²) in [5.41, 5.74) is 0. The van der Waals surface area contributed by atoms with Crippen LogP contribution in [0.3, 0.4) is 0 Å². The second-order valence-corrected chi connectivity index (χ2v) is 1.48. The first-order valence-electron chi connectivity index (χ1n) is 2.58. The summed E-state index contributed by atoms with van der Waals surface area (Å²) in [6, 6.07) is 0. The number of nitrogens with zero attached hydrogens (tertiary/aromatic N) is 1. The van der Waals surface area contributed by atoms with Gasteiger partial charge >= 0.3 is 0 Å². The molecule has 0 atom stereocenters. The minimum Gasteiger partial charge on any atom is -0.395 e. The molecule has 49 valence electrons. The molecule has 2 N–H and O–H groups in total. The van der Waals surface area contributed by atoms with Crippen LogP contribution in [0.25, 0.3) is 0 Å². The van der Waals surface area contributed by atoms with E-state index in [0.29, 0.717) is 13.1 Å². The van der Waals surface area contributed by atoms with Gasteiger partial charge in [0.1, 0.15) is 0 Å². The van der Waals surface area contributed by atoms with E-state index >= 15 is 0 Å². The Morgan fingerprint density at radius 2 is 2.00 bits per heavy atom. The molecule has 0 aromatic heterocycles. The van der Waals surface area contributed by atoms with Crippen molar-refractivity contribution in [2.24, 2.45) is 0 Å². The molecule has 0 saturated carbocycles. The van der Waals surface area contributed by atoms with Crippen LogP contribution < -0.4 is 0 Å². The summed E-state index contributed by atoms with van der Waals surface area (Å²) < 4.78 is 0. The third-order valence-electron chi connectivity index (χ3n) is 0.932. The molecule has 0 aliphatic carbocycles. The van der Waals surface area contributed by atoms with Crippen molar-refractivity contribution in [2.75, 3.05) is 26.4 Å². The lowest BCUT2D eigenvalue weighted by Gasteiger charge is -2.13. The van der Waals surface area contributed by atoms with Crippen LogP contribution in [0.5, 0.6) is 0 Å². The van der Waals surface area contributed by atoms with Crippen LogP contribution in [-0.2, 0) is 0 Å². The van der Waals surface area contributed by atoms with Crippen LogP contribution in [0.2, 0.25) is 0 Å². The fraction of sp³-hybridized carbons (Fsp3) is 0.800. The van der Waals surface area contributed by atoms with Gasteiger partial charge < -0.3 is 10.2 Å². The van der Waals surface area contributed by atoms with Crippen LogP contribution in [0.4, 0.5) is 0 Å². The van der Waals surface area contributed by atoms with E-state index in [0.717, 1.165) is 0 Å². The number of hydrogen-bond acceptors (Lipinski definition) is 3. The van der Waals surface area contributed by atoms with Gasteiger partial charge in [-0.15, -0.1) is 0 Å². The van der Waals surface area contributed by atoms with Gasteiger partial charge in [0.2, 0.25) is 0 Å². The molecular formula is C5H12NO2. The molecule has 0 saturated heterocycles. The zero-order valence-electron chi connectivity index (χ0n) is 4.88. The van der Waals surface area contributed by atoms with Crippen LogP contribution in [-0.4, -0.2) is 41.5 Å². The molecular weight excluding hydrogens is 106 g/mol. The van der Waals surface area contributed by atoms with Gasteiger partial charge in [0.05, 0.1) is 13.3 Å². The molecule has 0 heterocycles. The molecule has 0 unspecified atom stereocenters. The molecule has 0 aliphatic rings. The molecule has 0 bridgehead atoms. The van der Waals surface area contributed by atoms with Gasteiger partial charge in [-0.05, 0) is 6.92 Å². The van der Waals surface area contributed by atoms with Crippen LogP contribution >= 0.6 is 0 Å². The molecule has 0 rings (SSSR count). The molecule has 1 radical (unpaired) electrons. The van der Waals surface area contributed by atoms with Crippen molar-refractivity contribution >= 4 is 0 Å². The van der Waals surface area contributed by atoms with Crippen LogP contribution in [0.15, 0.2) is 0 Å². The van der Waals surface area contributed by atoms with Crippen LogP contribution in [0.1, 0.15) is 0 Å². The predicted molar refractivity (Wildman–Crippen MR) is 31.1 cm³/mol. The Balaban J connectivity index is 3.07. The molecule has 3 nitrogen and oxygen atoms in total. The summed E-state index contributed by atoms with van der Waals surface area (Å²) in [7, 11) is 0. The highest BCUT2D eigenvalue weighted by Gasteiger charge is 1.94. The number of aliphatic hydroxyl groups is 2. The summed E-state index contributed by atoms with van der Waals surface area (Å²) in [5.74, 6) is 0. The monoisotopic (exact) mass is 118 g/mol. The van der Waals surface area contributed by atoms with Gasteiger partial charge in [0, 0.05) is 13.1 Å². The number of rotatable bonds is 4. The van der Waals surface area contributed by atoms with Crippen molar-refractivity contribution in [3.8, 4) is 0 Å². The average molecular weight is 118 g/mol. The summed E-state index contributed by atoms with van der Waals surface area (Å²) in [4.78, 5) is 1.62. The highest BCUT2D eigenvalue weighted by molar-refractivity contribution is 4.50. The first-order chi connectivity index (χ1) is 3.85. The van der Waals surface area contributed by atoms with Gasteiger partial charge in [-0.25, -0.2) is 0 Å². The van der Waals surface area contributed by atoms with Gasteiger partial charge in [-0.2, -0.15) is 0 Å². The van der Waals surface area contributed by atoms with Crippen molar-refractivity contribution in [1.82, 2.24) is 4.90 Å². The van der Waals surface area contributed by atoms with E-state index in [4.69, 9.17) is 10.2 Å². The zero-order valence-corrected chi connectivity index (χ0v) is 4.88. The maximum absolute atomic E-state index is 8.43. The highest BCUT2D eigenvalue weighted by atomic mass is 16.3. The SMILES string of the molecule is [CH2]CN(CO)CCO. The standard InChI is InChI=1S/C5H12NO2/c1-2-6(5-8)3-4-7/h7-8H,1-5H2. The molecule has 0 fully saturated rings. The average Bonchev–Trinajstić information content (AvgIpc) is 1.83. The van der Waals surface area contributed by atoms with E-state index in [9.17, 15) is 0 Å². The lowest BCUT2D eigenvalue weighted by molar-refractivity contribution is 0.0976. The molecule has 3 heteroatoms. The normalized spacial score (nSPS) is 10.5. The second kappa shape index (κ2) is 5.03. The Bertz CT molecular complexity index is 45.7. The van der Waals surface area contributed by atoms with Crippen molar-refractivity contribution in [3.05, 3.63) is 6.92 Å². The van der Waals surface area contributed by atoms with E-state index in [1.165, 1.54) is 0 Å². The Morgan fingerprint density at radius 3 is 2.12 bits per heavy atom. The lowest BCUT2D eigenvalue weighted by Crippen LogP contribution is -2.27. The van der Waals surface area contributed by atoms with Gasteiger partial charge in [0.25, 0.3) is 0 Å². The Morgan fingerprint density at radius 1 is 1.38 bits per heavy atom. The molecule has 0 amide bonds. The smallest absolute Gasteiger partial charge is 0.0957 e. The van der Waals surface area contributed by atoms with Gasteiger partial charge in [-0.3, -0.25) is 4.90 Å². The van der Waals surface area contributed by atoms with Crippen molar-refractivity contribution in [1.29, 1.82) is 0 Å². The molecule has 0 aromatic rings. The van der Waals surface area contributed by atoms with E-state index in [1.807, 2.05) is 0 Å². The maximum atomic E-state index is 8.43. The summed E-state index contributed by atoms with van der Waals surface area (Å²) >= 11 is 0. The van der Waals surface area contributed by atoms with E-state index in [2.05, 4.69) is 6.92 Å². The fourth-order valence-electron chi connectivity index (χ4n) is 0.395. The minimum atomic E-state index is -0.0237. The highest BCUT2D eigenvalue weighted by Crippen LogP contribution is 1.80. The molecule has 8 heavy (non-hydrogen) atoms. The summed E-state index contributed by atoms with van der Waals surface area (Å²) in [6.45, 7) is 4.62. The lowest BCUT2D eigenvalue weighted by atomic mass is 10.5.